The fraction of sp³-hybridized carbons (Fsp3) is 0.417. The van der Waals surface area contributed by atoms with Gasteiger partial charge in [-0.05, 0) is 107 Å². The summed E-state index contributed by atoms with van der Waals surface area (Å²) in [7, 11) is 1.47. The number of aryl methyl sites for hydroxylation is 2. The SMILES string of the molecule is Cc1nc(-c2ccc(OC(C)C)cc2)nc(C)c1C(=O)C[C@@H](CCN)C(=O)N(C)[C@@H]1C(=O)C[C@@H](C)C(=O)N[C@H](C(=O)CCC#N)Cc2ccc(O)c(c2)-c2cc1ccc2OCCN. The van der Waals surface area contributed by atoms with E-state index >= 15 is 0 Å². The van der Waals surface area contributed by atoms with E-state index in [1.54, 1.807) is 51.1 Å². The van der Waals surface area contributed by atoms with Gasteiger partial charge in [-0.1, -0.05) is 19.1 Å². The Morgan fingerprint density at radius 1 is 0.968 bits per heavy atom. The van der Waals surface area contributed by atoms with Gasteiger partial charge < -0.3 is 36.3 Å². The van der Waals surface area contributed by atoms with E-state index in [-0.39, 0.29) is 87.2 Å². The third-order valence-electron chi connectivity index (χ3n) is 11.0. The first-order chi connectivity index (χ1) is 30.1. The molecule has 1 aliphatic rings. The van der Waals surface area contributed by atoms with Gasteiger partial charge in [-0.15, -0.1) is 0 Å². The number of ketones is 3. The number of aromatic hydroxyl groups is 1. The van der Waals surface area contributed by atoms with Crippen LogP contribution in [-0.2, 0) is 25.6 Å². The molecule has 3 aromatic carbocycles. The van der Waals surface area contributed by atoms with E-state index in [0.717, 1.165) is 5.56 Å². The molecule has 332 valence electrons. The molecule has 1 aliphatic heterocycles. The number of nitrogens with two attached hydrogens (primary N) is 2. The van der Waals surface area contributed by atoms with Crippen molar-refractivity contribution >= 4 is 29.2 Å². The molecule has 0 fully saturated rings. The van der Waals surface area contributed by atoms with Gasteiger partial charge in [0.15, 0.2) is 23.2 Å². The average molecular weight is 860 g/mol. The van der Waals surface area contributed by atoms with Gasteiger partial charge >= 0.3 is 0 Å². The number of ether oxygens (including phenoxy) is 2. The van der Waals surface area contributed by atoms with E-state index in [0.29, 0.717) is 51.0 Å². The molecule has 5 rings (SSSR count). The lowest BCUT2D eigenvalue weighted by Crippen LogP contribution is -2.46. The smallest absolute Gasteiger partial charge is 0.226 e. The van der Waals surface area contributed by atoms with Crippen molar-refractivity contribution in [2.75, 3.05) is 26.7 Å². The molecule has 4 aromatic rings. The Labute approximate surface area is 368 Å². The second-order valence-corrected chi connectivity index (χ2v) is 16.2. The molecule has 63 heavy (non-hydrogen) atoms. The van der Waals surface area contributed by atoms with E-state index in [2.05, 4.69) is 15.3 Å². The van der Waals surface area contributed by atoms with Crippen molar-refractivity contribution in [1.82, 2.24) is 20.2 Å². The summed E-state index contributed by atoms with van der Waals surface area (Å²) in [5.74, 6) is -2.83. The monoisotopic (exact) mass is 859 g/mol. The van der Waals surface area contributed by atoms with Crippen molar-refractivity contribution in [3.05, 3.63) is 88.7 Å². The van der Waals surface area contributed by atoms with Crippen LogP contribution in [0.15, 0.2) is 60.7 Å². The Hall–Kier alpha value is -6.50. The summed E-state index contributed by atoms with van der Waals surface area (Å²) in [4.78, 5) is 81.0. The van der Waals surface area contributed by atoms with Gasteiger partial charge in [0.1, 0.15) is 29.9 Å². The third-order valence-corrected chi connectivity index (χ3v) is 11.0. The molecule has 0 saturated carbocycles. The zero-order valence-corrected chi connectivity index (χ0v) is 36.8. The first kappa shape index (κ1) is 47.5. The van der Waals surface area contributed by atoms with Gasteiger partial charge in [-0.25, -0.2) is 9.97 Å². The largest absolute Gasteiger partial charge is 0.507 e. The fourth-order valence-electron chi connectivity index (χ4n) is 7.89. The van der Waals surface area contributed by atoms with E-state index < -0.39 is 41.5 Å². The Balaban J connectivity index is 1.53. The van der Waals surface area contributed by atoms with Crippen molar-refractivity contribution in [2.24, 2.45) is 23.3 Å². The lowest BCUT2D eigenvalue weighted by Gasteiger charge is -2.32. The van der Waals surface area contributed by atoms with Crippen molar-refractivity contribution in [3.8, 4) is 45.8 Å². The van der Waals surface area contributed by atoms with E-state index in [1.807, 2.05) is 44.2 Å². The van der Waals surface area contributed by atoms with Crippen LogP contribution in [0.5, 0.6) is 17.2 Å². The Morgan fingerprint density at radius 3 is 2.30 bits per heavy atom. The summed E-state index contributed by atoms with van der Waals surface area (Å²) in [5.41, 5.74) is 15.4. The molecule has 15 heteroatoms. The summed E-state index contributed by atoms with van der Waals surface area (Å²) < 4.78 is 11.8. The number of benzene rings is 3. The van der Waals surface area contributed by atoms with Crippen molar-refractivity contribution in [1.29, 1.82) is 5.26 Å². The first-order valence-electron chi connectivity index (χ1n) is 21.2. The highest BCUT2D eigenvalue weighted by Crippen LogP contribution is 2.40. The van der Waals surface area contributed by atoms with Crippen LogP contribution < -0.4 is 26.3 Å². The molecule has 15 nitrogen and oxygen atoms in total. The van der Waals surface area contributed by atoms with Crippen molar-refractivity contribution in [2.45, 2.75) is 91.3 Å². The number of amides is 2. The minimum Gasteiger partial charge on any atom is -0.507 e. The van der Waals surface area contributed by atoms with Crippen LogP contribution in [0.1, 0.15) is 91.8 Å². The Morgan fingerprint density at radius 2 is 1.67 bits per heavy atom. The maximum Gasteiger partial charge on any atom is 0.226 e. The molecule has 0 unspecified atom stereocenters. The Kier molecular flexibility index (Phi) is 16.2. The molecule has 0 aliphatic carbocycles. The van der Waals surface area contributed by atoms with Gasteiger partial charge in [-0.3, -0.25) is 24.0 Å². The van der Waals surface area contributed by atoms with E-state index in [1.165, 1.54) is 18.0 Å². The highest BCUT2D eigenvalue weighted by atomic mass is 16.5. The molecule has 4 atom stereocenters. The topological polar surface area (TPSA) is 241 Å². The van der Waals surface area contributed by atoms with Crippen LogP contribution in [-0.4, -0.2) is 88.0 Å². The van der Waals surface area contributed by atoms with Crippen LogP contribution in [0.2, 0.25) is 0 Å². The molecular weight excluding hydrogens is 803 g/mol. The maximum atomic E-state index is 14.7. The molecule has 6 N–H and O–H groups in total. The number of nitrogens with one attached hydrogen (secondary N) is 1. The van der Waals surface area contributed by atoms with Gasteiger partial charge in [-0.2, -0.15) is 5.26 Å². The number of phenolic OH excluding ortho intramolecular Hbond substituents is 1. The third kappa shape index (κ3) is 11.7. The van der Waals surface area contributed by atoms with Crippen LogP contribution in [0, 0.1) is 37.0 Å². The number of hydrogen-bond donors (Lipinski definition) is 4. The minimum atomic E-state index is -1.27. The number of carbonyl (C=O) groups excluding carboxylic acids is 5. The maximum absolute atomic E-state index is 14.7. The summed E-state index contributed by atoms with van der Waals surface area (Å²) in [6.07, 6.45) is -0.516. The van der Waals surface area contributed by atoms with Crippen LogP contribution in [0.3, 0.4) is 0 Å². The zero-order valence-electron chi connectivity index (χ0n) is 36.8. The van der Waals surface area contributed by atoms with Crippen LogP contribution >= 0.6 is 0 Å². The highest BCUT2D eigenvalue weighted by Gasteiger charge is 2.36. The lowest BCUT2D eigenvalue weighted by molar-refractivity contribution is -0.142. The number of rotatable bonds is 16. The van der Waals surface area contributed by atoms with Gasteiger partial charge in [0, 0.05) is 67.8 Å². The number of nitrogens with zero attached hydrogens (tertiary/aromatic N) is 4. The highest BCUT2D eigenvalue weighted by molar-refractivity contribution is 6.01. The molecule has 0 saturated heterocycles. The summed E-state index contributed by atoms with van der Waals surface area (Å²) in [6, 6.07) is 16.7. The summed E-state index contributed by atoms with van der Waals surface area (Å²) >= 11 is 0. The minimum absolute atomic E-state index is 0.0121. The molecule has 1 aromatic heterocycles. The summed E-state index contributed by atoms with van der Waals surface area (Å²) in [5, 5.41) is 23.2. The second kappa shape index (κ2) is 21.5. The first-order valence-corrected chi connectivity index (χ1v) is 21.2. The van der Waals surface area contributed by atoms with Gasteiger partial charge in [0.25, 0.3) is 0 Å². The normalized spacial score (nSPS) is 16.9. The number of hydrogen-bond acceptors (Lipinski definition) is 13. The Bertz CT molecular complexity index is 2350. The van der Waals surface area contributed by atoms with E-state index in [9.17, 15) is 29.1 Å². The second-order valence-electron chi connectivity index (χ2n) is 16.2. The van der Waals surface area contributed by atoms with Crippen LogP contribution in [0.4, 0.5) is 0 Å². The quantitative estimate of drug-likeness (QED) is 0.102. The van der Waals surface area contributed by atoms with E-state index in [4.69, 9.17) is 26.2 Å². The number of carbonyl (C=O) groups is 5. The number of fused-ring (bicyclic) bond motifs is 5. The van der Waals surface area contributed by atoms with Gasteiger partial charge in [0.2, 0.25) is 11.8 Å². The lowest BCUT2D eigenvalue weighted by atomic mass is 9.88. The predicted octanol–water partition coefficient (Wildman–Crippen LogP) is 5.50. The molecule has 4 bridgehead atoms. The number of aromatic nitrogens is 2. The predicted molar refractivity (Wildman–Crippen MR) is 237 cm³/mol. The van der Waals surface area contributed by atoms with Crippen molar-refractivity contribution in [3.63, 3.8) is 0 Å². The molecule has 0 spiro atoms. The number of phenols is 1. The van der Waals surface area contributed by atoms with Crippen molar-refractivity contribution < 1.29 is 38.6 Å². The molecule has 0 radical (unpaired) electrons. The zero-order chi connectivity index (χ0) is 46.0. The molecule has 2 amide bonds. The molecule has 2 heterocycles. The number of Topliss-reactive ketones (excluding diaryl/α,β-unsaturated/α-hetero) is 3. The standard InChI is InChI=1S/C48H57N7O8/c1-27(2)63-35-13-10-32(11-14-35)46-52-29(4)44(30(5)53-46)41(58)26-34(17-19-50)48(61)55(6)45-33-12-16-43(62-21-20-51)37(25-33)36-23-31(9-15-39(36)56)24-38(40(57)8-7-18-49)54-47(60)28(3)22-42(45)59/h9-16,23,25,27-28,34,38,45,56H,7-8,17,19-22,24,26,50-51H2,1-6H3,(H,54,60)/t28-,34-,38+,45+/m1/s1. The van der Waals surface area contributed by atoms with Gasteiger partial charge in [0.05, 0.1) is 35.2 Å². The average Bonchev–Trinajstić information content (AvgIpc) is 3.24. The van der Waals surface area contributed by atoms with Crippen LogP contribution in [0.25, 0.3) is 22.5 Å². The fourth-order valence-corrected chi connectivity index (χ4v) is 7.89. The number of likely N-dealkylation sites (N-methyl/N-ethyl adjacent to an activating group) is 1. The molecular formula is C48H57N7O8. The number of nitriles is 1. The summed E-state index contributed by atoms with van der Waals surface area (Å²) in [6.45, 7) is 9.27.